The van der Waals surface area contributed by atoms with Gasteiger partial charge in [-0.3, -0.25) is 0 Å². The molecule has 0 bridgehead atoms. The van der Waals surface area contributed by atoms with E-state index in [1.165, 1.54) is 167 Å². The van der Waals surface area contributed by atoms with Gasteiger partial charge in [0.05, 0.1) is 0 Å². The molecule has 0 N–H and O–H groups in total. The van der Waals surface area contributed by atoms with Crippen molar-refractivity contribution in [3.8, 4) is 0 Å². The predicted molar refractivity (Wildman–Crippen MR) is 176 cm³/mol. The van der Waals surface area contributed by atoms with E-state index in [4.69, 9.17) is 16.0 Å². The first-order valence-electron chi connectivity index (χ1n) is 18.1. The molecule has 0 aromatic heterocycles. The van der Waals surface area contributed by atoms with E-state index in [-0.39, 0.29) is 0 Å². The Kier molecular flexibility index (Phi) is 37.8. The minimum atomic E-state index is -2.32. The topological polar surface area (TPSA) is 36.9 Å². The van der Waals surface area contributed by atoms with E-state index in [0.29, 0.717) is 13.2 Å². The van der Waals surface area contributed by atoms with Gasteiger partial charge in [-0.15, -0.1) is 0 Å². The second kappa shape index (κ2) is 37.4. The second-order valence-corrected chi connectivity index (χ2v) is 14.8. The molecule has 1 radical (unpaired) electrons. The van der Waals surface area contributed by atoms with Crippen LogP contribution in [-0.4, -0.2) is 48.9 Å². The summed E-state index contributed by atoms with van der Waals surface area (Å²) < 4.78 is 23.2. The van der Waals surface area contributed by atoms with E-state index >= 15 is 0 Å². The molecule has 0 aliphatic carbocycles. The maximum atomic E-state index is 6.08. The fraction of sp³-hybridized carbons (Fsp3) is 1.00. The molecule has 4 nitrogen and oxygen atoms in total. The molecule has 0 unspecified atom stereocenters. The van der Waals surface area contributed by atoms with Gasteiger partial charge in [0.25, 0.3) is 0 Å². The summed E-state index contributed by atoms with van der Waals surface area (Å²) in [4.78, 5) is 0. The van der Waals surface area contributed by atoms with Crippen molar-refractivity contribution in [2.45, 2.75) is 194 Å². The molecular formula is C35H73GeO4. The third kappa shape index (κ3) is 34.6. The number of hydrogen-bond donors (Lipinski definition) is 0. The van der Waals surface area contributed by atoms with Gasteiger partial charge in [-0.25, -0.2) is 0 Å². The molecule has 0 rings (SSSR count). The van der Waals surface area contributed by atoms with E-state index in [2.05, 4.69) is 13.8 Å². The predicted octanol–water partition coefficient (Wildman–Crippen LogP) is 11.6. The van der Waals surface area contributed by atoms with Gasteiger partial charge >= 0.3 is 193 Å². The van der Waals surface area contributed by atoms with Crippen LogP contribution in [0.15, 0.2) is 0 Å². The van der Waals surface area contributed by atoms with E-state index in [0.717, 1.165) is 26.1 Å². The fourth-order valence-corrected chi connectivity index (χ4v) is 7.59. The molecule has 0 aromatic rings. The Morgan fingerprint density at radius 3 is 0.825 bits per heavy atom. The van der Waals surface area contributed by atoms with Crippen LogP contribution in [0.3, 0.4) is 0 Å². The van der Waals surface area contributed by atoms with Crippen molar-refractivity contribution in [1.29, 1.82) is 0 Å². The van der Waals surface area contributed by atoms with Gasteiger partial charge < -0.3 is 0 Å². The van der Waals surface area contributed by atoms with Gasteiger partial charge in [-0.05, 0) is 0 Å². The summed E-state index contributed by atoms with van der Waals surface area (Å²) in [6, 6.07) is 0. The number of ether oxygens (including phenoxy) is 1. The molecule has 0 heterocycles. The quantitative estimate of drug-likeness (QED) is 0.0510. The molecule has 241 valence electrons. The minimum absolute atomic E-state index is 0.587. The molecule has 0 aliphatic rings. The Labute approximate surface area is 257 Å². The molecule has 0 fully saturated rings. The molecule has 5 heteroatoms. The van der Waals surface area contributed by atoms with Gasteiger partial charge in [0.1, 0.15) is 0 Å². The van der Waals surface area contributed by atoms with Crippen molar-refractivity contribution in [3.05, 3.63) is 0 Å². The standard InChI is InChI=1S/C35H73GeO4/c1-4-6-8-10-12-14-16-18-20-22-24-26-28-30-32-38-36(40-35-34-37-3)39-33-31-29-27-25-23-21-19-17-15-13-11-9-7-5-2/h4-35H2,1-3H3. The monoisotopic (exact) mass is 631 g/mol. The van der Waals surface area contributed by atoms with Crippen LogP contribution in [-0.2, 0) is 16.0 Å². The van der Waals surface area contributed by atoms with Crippen LogP contribution < -0.4 is 0 Å². The fourth-order valence-electron chi connectivity index (χ4n) is 5.24. The molecule has 0 amide bonds. The average Bonchev–Trinajstić information content (AvgIpc) is 2.96. The summed E-state index contributed by atoms with van der Waals surface area (Å²) >= 11 is -2.32. The van der Waals surface area contributed by atoms with Gasteiger partial charge in [0.15, 0.2) is 0 Å². The van der Waals surface area contributed by atoms with E-state index in [1.54, 1.807) is 7.11 Å². The van der Waals surface area contributed by atoms with Crippen molar-refractivity contribution in [3.63, 3.8) is 0 Å². The summed E-state index contributed by atoms with van der Waals surface area (Å²) in [6.45, 7) is 7.37. The van der Waals surface area contributed by atoms with Crippen LogP contribution in [0.4, 0.5) is 0 Å². The van der Waals surface area contributed by atoms with Gasteiger partial charge in [0, 0.05) is 0 Å². The first kappa shape index (κ1) is 40.4. The van der Waals surface area contributed by atoms with Crippen molar-refractivity contribution in [2.75, 3.05) is 33.5 Å². The summed E-state index contributed by atoms with van der Waals surface area (Å²) in [5.74, 6) is 0. The molecule has 0 saturated carbocycles. The molecule has 0 aliphatic heterocycles. The zero-order chi connectivity index (χ0) is 29.0. The number of unbranched alkanes of at least 4 members (excludes halogenated alkanes) is 26. The molecule has 0 aromatic carbocycles. The van der Waals surface area contributed by atoms with Crippen molar-refractivity contribution in [1.82, 2.24) is 0 Å². The van der Waals surface area contributed by atoms with E-state index < -0.39 is 15.4 Å². The number of rotatable bonds is 36. The number of methoxy groups -OCH3 is 1. The maximum absolute atomic E-state index is 6.08. The zero-order valence-corrected chi connectivity index (χ0v) is 29.9. The van der Waals surface area contributed by atoms with Crippen LogP contribution in [0.5, 0.6) is 0 Å². The Hall–Kier alpha value is 0.383. The van der Waals surface area contributed by atoms with Gasteiger partial charge in [-0.1, -0.05) is 65.2 Å². The van der Waals surface area contributed by atoms with Crippen LogP contribution in [0.25, 0.3) is 0 Å². The summed E-state index contributed by atoms with van der Waals surface area (Å²) in [7, 11) is 1.72. The van der Waals surface area contributed by atoms with Crippen molar-refractivity contribution >= 4 is 15.4 Å². The SMILES string of the molecule is CCCCCCCCCCCCCCCC[O][Ge]([O]CCCCCCCCCCCCCCCC)[O]CCOC. The van der Waals surface area contributed by atoms with Crippen LogP contribution in [0, 0.1) is 0 Å². The second-order valence-electron chi connectivity index (χ2n) is 12.0. The van der Waals surface area contributed by atoms with E-state index in [9.17, 15) is 0 Å². The van der Waals surface area contributed by atoms with Crippen LogP contribution >= 0.6 is 0 Å². The molecule has 40 heavy (non-hydrogen) atoms. The third-order valence-corrected chi connectivity index (χ3v) is 10.7. The van der Waals surface area contributed by atoms with Crippen LogP contribution in [0.2, 0.25) is 0 Å². The summed E-state index contributed by atoms with van der Waals surface area (Å²) in [6.07, 6.45) is 38.7. The van der Waals surface area contributed by atoms with Crippen molar-refractivity contribution in [2.24, 2.45) is 0 Å². The Bertz CT molecular complexity index is 404. The molecule has 0 spiro atoms. The summed E-state index contributed by atoms with van der Waals surface area (Å²) in [5.41, 5.74) is 0. The third-order valence-electron chi connectivity index (χ3n) is 7.94. The zero-order valence-electron chi connectivity index (χ0n) is 27.8. The normalized spacial score (nSPS) is 11.7. The number of hydrogen-bond acceptors (Lipinski definition) is 4. The average molecular weight is 631 g/mol. The first-order valence-corrected chi connectivity index (χ1v) is 20.7. The van der Waals surface area contributed by atoms with E-state index in [1.807, 2.05) is 0 Å². The Morgan fingerprint density at radius 2 is 0.550 bits per heavy atom. The van der Waals surface area contributed by atoms with Gasteiger partial charge in [-0.2, -0.15) is 0 Å². The van der Waals surface area contributed by atoms with Crippen LogP contribution in [0.1, 0.15) is 194 Å². The molecular weight excluding hydrogens is 557 g/mol. The van der Waals surface area contributed by atoms with Crippen molar-refractivity contribution < 1.29 is 16.0 Å². The Balaban J connectivity index is 3.54. The summed E-state index contributed by atoms with van der Waals surface area (Å²) in [5, 5.41) is 0. The molecule has 0 atom stereocenters. The first-order chi connectivity index (χ1) is 19.8. The molecule has 0 saturated heterocycles. The van der Waals surface area contributed by atoms with Gasteiger partial charge in [0.2, 0.25) is 0 Å². The Morgan fingerprint density at radius 1 is 0.300 bits per heavy atom.